The van der Waals surface area contributed by atoms with Gasteiger partial charge in [-0.3, -0.25) is 4.55 Å². The van der Waals surface area contributed by atoms with Crippen molar-refractivity contribution >= 4 is 61.3 Å². The van der Waals surface area contributed by atoms with Crippen LogP contribution >= 0.6 is 45.2 Å². The Morgan fingerprint density at radius 1 is 1.00 bits per heavy atom. The molecule has 2 aromatic rings. The molecule has 0 atom stereocenters. The van der Waals surface area contributed by atoms with Gasteiger partial charge in [0.2, 0.25) is 17.4 Å². The zero-order chi connectivity index (χ0) is 20.7. The molecular formula is C14H6F4I2O6S. The van der Waals surface area contributed by atoms with Gasteiger partial charge in [0.15, 0.2) is 16.5 Å². The van der Waals surface area contributed by atoms with Crippen LogP contribution < -0.4 is 9.47 Å². The normalized spacial score (nSPS) is 11.4. The molecule has 0 saturated carbocycles. The maximum atomic E-state index is 14.0. The Balaban J connectivity index is 2.58. The number of benzene rings is 2. The molecule has 0 spiro atoms. The summed E-state index contributed by atoms with van der Waals surface area (Å²) in [6.45, 7) is 0. The summed E-state index contributed by atoms with van der Waals surface area (Å²) in [7, 11) is -4.25. The van der Waals surface area contributed by atoms with Crippen LogP contribution in [-0.4, -0.2) is 26.0 Å². The third-order valence-corrected chi connectivity index (χ3v) is 5.67. The highest BCUT2D eigenvalue weighted by Crippen LogP contribution is 2.34. The lowest BCUT2D eigenvalue weighted by molar-refractivity contribution is 0.0714. The first-order valence-corrected chi connectivity index (χ1v) is 10.1. The van der Waals surface area contributed by atoms with E-state index in [0.29, 0.717) is 5.75 Å². The zero-order valence-corrected chi connectivity index (χ0v) is 18.0. The van der Waals surface area contributed by atoms with E-state index in [2.05, 4.69) is 4.74 Å². The number of ether oxygens (including phenoxy) is 2. The van der Waals surface area contributed by atoms with E-state index in [0.717, 1.165) is 0 Å². The van der Waals surface area contributed by atoms with Crippen molar-refractivity contribution in [2.75, 3.05) is 7.11 Å². The molecule has 0 aliphatic heterocycles. The summed E-state index contributed by atoms with van der Waals surface area (Å²) in [6, 6.07) is 2.79. The van der Waals surface area contributed by atoms with Crippen molar-refractivity contribution in [3.05, 3.63) is 48.1 Å². The predicted octanol–water partition coefficient (Wildman–Crippen LogP) is 3.93. The summed E-state index contributed by atoms with van der Waals surface area (Å²) in [5.74, 6) is -12.2. The number of esters is 1. The number of hydrogen-bond acceptors (Lipinski definition) is 5. The van der Waals surface area contributed by atoms with Crippen LogP contribution in [0.25, 0.3) is 0 Å². The highest BCUT2D eigenvalue weighted by Gasteiger charge is 2.34. The van der Waals surface area contributed by atoms with E-state index in [4.69, 9.17) is 9.29 Å². The van der Waals surface area contributed by atoms with E-state index in [1.165, 1.54) is 19.2 Å². The van der Waals surface area contributed by atoms with Gasteiger partial charge in [0, 0.05) is 7.14 Å². The predicted molar refractivity (Wildman–Crippen MR) is 99.5 cm³/mol. The average molecular weight is 632 g/mol. The highest BCUT2D eigenvalue weighted by molar-refractivity contribution is 14.1. The smallest absolute Gasteiger partial charge is 0.345 e. The van der Waals surface area contributed by atoms with Crippen LogP contribution in [-0.2, 0) is 10.1 Å². The van der Waals surface area contributed by atoms with Gasteiger partial charge in [-0.15, -0.1) is 0 Å². The second kappa shape index (κ2) is 8.04. The van der Waals surface area contributed by atoms with Gasteiger partial charge in [0.25, 0.3) is 0 Å². The van der Waals surface area contributed by atoms with Crippen molar-refractivity contribution in [3.63, 3.8) is 0 Å². The number of carbonyl (C=O) groups excluding carboxylic acids is 1. The van der Waals surface area contributed by atoms with E-state index < -0.39 is 50.0 Å². The van der Waals surface area contributed by atoms with Crippen LogP contribution in [0.2, 0.25) is 0 Å². The molecule has 0 heterocycles. The molecule has 0 amide bonds. The van der Waals surface area contributed by atoms with Gasteiger partial charge < -0.3 is 9.47 Å². The third-order valence-electron chi connectivity index (χ3n) is 3.09. The molecule has 13 heteroatoms. The molecule has 6 nitrogen and oxygen atoms in total. The quantitative estimate of drug-likeness (QED) is 0.137. The van der Waals surface area contributed by atoms with Crippen LogP contribution in [0.3, 0.4) is 0 Å². The van der Waals surface area contributed by atoms with Gasteiger partial charge in [-0.05, 0) is 57.3 Å². The molecule has 27 heavy (non-hydrogen) atoms. The maximum Gasteiger partial charge on any atom is 0.345 e. The number of carbonyl (C=O) groups is 1. The molecule has 0 unspecified atom stereocenters. The van der Waals surface area contributed by atoms with Crippen molar-refractivity contribution < 1.29 is 44.8 Å². The molecule has 0 aliphatic carbocycles. The summed E-state index contributed by atoms with van der Waals surface area (Å²) in [5.41, 5.74) is -0.171. The van der Waals surface area contributed by atoms with Gasteiger partial charge in [0.1, 0.15) is 5.75 Å². The van der Waals surface area contributed by atoms with E-state index in [9.17, 15) is 30.8 Å². The Kier molecular flexibility index (Phi) is 6.58. The second-order valence-corrected chi connectivity index (χ2v) is 8.43. The molecule has 0 aliphatic rings. The van der Waals surface area contributed by atoms with E-state index >= 15 is 0 Å². The van der Waals surface area contributed by atoms with Crippen molar-refractivity contribution in [2.45, 2.75) is 4.90 Å². The molecular weight excluding hydrogens is 626 g/mol. The molecule has 0 aromatic heterocycles. The van der Waals surface area contributed by atoms with E-state index in [-0.39, 0.29) is 12.7 Å². The molecule has 2 rings (SSSR count). The summed E-state index contributed by atoms with van der Waals surface area (Å²) < 4.78 is 95.9. The van der Waals surface area contributed by atoms with Crippen LogP contribution in [0.5, 0.6) is 11.5 Å². The van der Waals surface area contributed by atoms with Gasteiger partial charge in [-0.1, -0.05) is 0 Å². The fourth-order valence-electron chi connectivity index (χ4n) is 1.91. The van der Waals surface area contributed by atoms with Gasteiger partial charge in [-0.2, -0.15) is 17.2 Å². The number of halogens is 6. The maximum absolute atomic E-state index is 14.0. The molecule has 0 bridgehead atoms. The minimum absolute atomic E-state index is 0.171. The fraction of sp³-hybridized carbons (Fsp3) is 0.0714. The minimum Gasteiger partial charge on any atom is -0.497 e. The van der Waals surface area contributed by atoms with Gasteiger partial charge in [0.05, 0.1) is 12.7 Å². The Morgan fingerprint density at radius 2 is 1.44 bits per heavy atom. The molecule has 146 valence electrons. The van der Waals surface area contributed by atoms with Crippen LogP contribution in [0.15, 0.2) is 17.0 Å². The topological polar surface area (TPSA) is 89.9 Å². The number of rotatable bonds is 4. The van der Waals surface area contributed by atoms with Gasteiger partial charge >= 0.3 is 16.1 Å². The van der Waals surface area contributed by atoms with E-state index in [1.807, 2.05) is 0 Å². The number of methoxy groups -OCH3 is 1. The largest absolute Gasteiger partial charge is 0.497 e. The third kappa shape index (κ3) is 4.29. The SMILES string of the molecule is COc1cc(I)c(C(=O)Oc2c(F)c(F)c(S(=O)(=O)O)c(F)c2F)c(I)c1. The van der Waals surface area contributed by atoms with Crippen LogP contribution in [0.1, 0.15) is 10.4 Å². The average Bonchev–Trinajstić information content (AvgIpc) is 2.55. The molecule has 0 saturated heterocycles. The Hall–Kier alpha value is -1.20. The molecule has 0 radical (unpaired) electrons. The highest BCUT2D eigenvalue weighted by atomic mass is 127. The fourth-order valence-corrected chi connectivity index (χ4v) is 4.70. The van der Waals surface area contributed by atoms with Crippen molar-refractivity contribution in [3.8, 4) is 11.5 Å². The van der Waals surface area contributed by atoms with E-state index in [1.54, 1.807) is 45.2 Å². The molecule has 1 N–H and O–H groups in total. The summed E-state index contributed by atoms with van der Waals surface area (Å²) >= 11 is 3.41. The van der Waals surface area contributed by atoms with Gasteiger partial charge in [-0.25, -0.2) is 13.6 Å². The van der Waals surface area contributed by atoms with Crippen molar-refractivity contribution in [1.82, 2.24) is 0 Å². The first-order chi connectivity index (χ1) is 12.4. The second-order valence-electron chi connectivity index (χ2n) is 4.74. The van der Waals surface area contributed by atoms with Crippen LogP contribution in [0, 0.1) is 30.4 Å². The number of hydrogen-bond donors (Lipinski definition) is 1. The molecule has 2 aromatic carbocycles. The minimum atomic E-state index is -5.61. The Labute approximate surface area is 176 Å². The van der Waals surface area contributed by atoms with Crippen molar-refractivity contribution in [2.24, 2.45) is 0 Å². The lowest BCUT2D eigenvalue weighted by atomic mass is 10.2. The van der Waals surface area contributed by atoms with Crippen molar-refractivity contribution in [1.29, 1.82) is 0 Å². The zero-order valence-electron chi connectivity index (χ0n) is 12.8. The summed E-state index contributed by atoms with van der Waals surface area (Å²) in [6.07, 6.45) is 0. The Bertz CT molecular complexity index is 1010. The first-order valence-electron chi connectivity index (χ1n) is 6.48. The molecule has 0 fully saturated rings. The summed E-state index contributed by atoms with van der Waals surface area (Å²) in [5, 5.41) is 0. The monoisotopic (exact) mass is 632 g/mol. The first kappa shape index (κ1) is 22.1. The standard InChI is InChI=1S/C14H6F4I2O6S/c1-25-4-2-5(19)7(6(20)3-4)14(21)26-12-8(15)10(17)13(27(22,23)24)11(18)9(12)16/h2-3H,1H3,(H,22,23,24). The lowest BCUT2D eigenvalue weighted by Gasteiger charge is -2.12. The summed E-state index contributed by atoms with van der Waals surface area (Å²) in [4.78, 5) is 10.0. The Morgan fingerprint density at radius 3 is 1.81 bits per heavy atom. The van der Waals surface area contributed by atoms with Crippen LogP contribution in [0.4, 0.5) is 17.6 Å². The lowest BCUT2D eigenvalue weighted by Crippen LogP contribution is -2.17.